The van der Waals surface area contributed by atoms with Crippen molar-refractivity contribution in [2.45, 2.75) is 13.0 Å². The number of hydrogen-bond donors (Lipinski definition) is 1. The van der Waals surface area contributed by atoms with Gasteiger partial charge in [-0.05, 0) is 26.1 Å². The summed E-state index contributed by atoms with van der Waals surface area (Å²) < 4.78 is 7.30. The number of ether oxygens (including phenoxy) is 1. The van der Waals surface area contributed by atoms with Gasteiger partial charge in [0.05, 0.1) is 30.2 Å². The molecule has 2 rings (SSSR count). The summed E-state index contributed by atoms with van der Waals surface area (Å²) in [5.74, 6) is 0. The standard InChI is InChI=1S/C13H18N4O/c1-3-18-10-12(14-2)13-9-15-16-17(13)11-7-5-4-6-8-11/h4-9,12,14H,3,10H2,1-2H3. The van der Waals surface area contributed by atoms with Crippen LogP contribution in [0, 0.1) is 0 Å². The molecule has 5 nitrogen and oxygen atoms in total. The fourth-order valence-electron chi connectivity index (χ4n) is 1.80. The summed E-state index contributed by atoms with van der Waals surface area (Å²) in [6, 6.07) is 10.0. The molecule has 2 aromatic rings. The zero-order chi connectivity index (χ0) is 12.8. The Balaban J connectivity index is 2.26. The Bertz CT molecular complexity index is 469. The molecule has 1 aromatic heterocycles. The van der Waals surface area contributed by atoms with Crippen molar-refractivity contribution in [3.8, 4) is 5.69 Å². The van der Waals surface area contributed by atoms with Crippen molar-refractivity contribution in [2.24, 2.45) is 0 Å². The minimum absolute atomic E-state index is 0.0835. The van der Waals surface area contributed by atoms with Crippen LogP contribution in [0.2, 0.25) is 0 Å². The highest BCUT2D eigenvalue weighted by Gasteiger charge is 2.16. The maximum Gasteiger partial charge on any atom is 0.0838 e. The lowest BCUT2D eigenvalue weighted by Gasteiger charge is -2.16. The summed E-state index contributed by atoms with van der Waals surface area (Å²) in [6.45, 7) is 3.29. The number of hydrogen-bond acceptors (Lipinski definition) is 4. The lowest BCUT2D eigenvalue weighted by Crippen LogP contribution is -2.24. The molecule has 1 aromatic carbocycles. The molecular weight excluding hydrogens is 228 g/mol. The molecule has 1 atom stereocenters. The quantitative estimate of drug-likeness (QED) is 0.840. The largest absolute Gasteiger partial charge is 0.380 e. The van der Waals surface area contributed by atoms with Crippen LogP contribution in [-0.4, -0.2) is 35.3 Å². The molecule has 5 heteroatoms. The molecule has 0 saturated carbocycles. The van der Waals surface area contributed by atoms with Crippen molar-refractivity contribution in [1.82, 2.24) is 20.3 Å². The summed E-state index contributed by atoms with van der Waals surface area (Å²) in [7, 11) is 1.91. The third-order valence-corrected chi connectivity index (χ3v) is 2.77. The smallest absolute Gasteiger partial charge is 0.0838 e. The summed E-state index contributed by atoms with van der Waals surface area (Å²) in [5, 5.41) is 11.4. The number of para-hydroxylation sites is 1. The van der Waals surface area contributed by atoms with Gasteiger partial charge in [0.2, 0.25) is 0 Å². The molecule has 0 radical (unpaired) electrons. The second kappa shape index (κ2) is 6.28. The van der Waals surface area contributed by atoms with Crippen LogP contribution in [-0.2, 0) is 4.74 Å². The lowest BCUT2D eigenvalue weighted by molar-refractivity contribution is 0.123. The van der Waals surface area contributed by atoms with Gasteiger partial charge in [0, 0.05) is 6.61 Å². The van der Waals surface area contributed by atoms with Gasteiger partial charge < -0.3 is 10.1 Å². The first-order valence-electron chi connectivity index (χ1n) is 6.07. The van der Waals surface area contributed by atoms with Crippen LogP contribution in [0.1, 0.15) is 18.7 Å². The van der Waals surface area contributed by atoms with Crippen LogP contribution < -0.4 is 5.32 Å². The molecule has 0 spiro atoms. The average Bonchev–Trinajstić information content (AvgIpc) is 2.90. The van der Waals surface area contributed by atoms with Crippen LogP contribution in [0.25, 0.3) is 5.69 Å². The van der Waals surface area contributed by atoms with Gasteiger partial charge in [-0.1, -0.05) is 23.4 Å². The number of likely N-dealkylation sites (N-methyl/N-ethyl adjacent to an activating group) is 1. The zero-order valence-electron chi connectivity index (χ0n) is 10.7. The Hall–Kier alpha value is -1.72. The Morgan fingerprint density at radius 3 is 2.78 bits per heavy atom. The Labute approximate surface area is 107 Å². The molecule has 0 saturated heterocycles. The van der Waals surface area contributed by atoms with E-state index in [9.17, 15) is 0 Å². The first kappa shape index (κ1) is 12.7. The molecule has 0 aliphatic carbocycles. The zero-order valence-corrected chi connectivity index (χ0v) is 10.7. The van der Waals surface area contributed by atoms with Gasteiger partial charge in [0.1, 0.15) is 0 Å². The van der Waals surface area contributed by atoms with E-state index in [0.717, 1.165) is 11.4 Å². The topological polar surface area (TPSA) is 52.0 Å². The minimum Gasteiger partial charge on any atom is -0.380 e. The van der Waals surface area contributed by atoms with Crippen LogP contribution in [0.3, 0.4) is 0 Å². The number of nitrogens with zero attached hydrogens (tertiary/aromatic N) is 3. The van der Waals surface area contributed by atoms with Gasteiger partial charge in [-0.2, -0.15) is 0 Å². The van der Waals surface area contributed by atoms with E-state index in [1.54, 1.807) is 6.20 Å². The van der Waals surface area contributed by atoms with E-state index in [0.29, 0.717) is 13.2 Å². The minimum atomic E-state index is 0.0835. The van der Waals surface area contributed by atoms with Gasteiger partial charge in [0.15, 0.2) is 0 Å². The van der Waals surface area contributed by atoms with E-state index < -0.39 is 0 Å². The Morgan fingerprint density at radius 1 is 1.33 bits per heavy atom. The number of aromatic nitrogens is 3. The summed E-state index contributed by atoms with van der Waals surface area (Å²) >= 11 is 0. The molecule has 18 heavy (non-hydrogen) atoms. The fraction of sp³-hybridized carbons (Fsp3) is 0.385. The van der Waals surface area contributed by atoms with Crippen LogP contribution in [0.15, 0.2) is 36.5 Å². The third-order valence-electron chi connectivity index (χ3n) is 2.77. The van der Waals surface area contributed by atoms with Crippen molar-refractivity contribution < 1.29 is 4.74 Å². The van der Waals surface area contributed by atoms with Crippen LogP contribution in [0.4, 0.5) is 0 Å². The number of rotatable bonds is 6. The van der Waals surface area contributed by atoms with E-state index in [1.807, 2.05) is 49.0 Å². The number of benzene rings is 1. The normalized spacial score (nSPS) is 12.6. The van der Waals surface area contributed by atoms with E-state index in [2.05, 4.69) is 15.6 Å². The second-order valence-electron chi connectivity index (χ2n) is 3.91. The van der Waals surface area contributed by atoms with Gasteiger partial charge in [0.25, 0.3) is 0 Å². The Kier molecular flexibility index (Phi) is 4.44. The predicted molar refractivity (Wildman–Crippen MR) is 69.7 cm³/mol. The van der Waals surface area contributed by atoms with E-state index in [-0.39, 0.29) is 6.04 Å². The number of nitrogens with one attached hydrogen (secondary N) is 1. The van der Waals surface area contributed by atoms with Gasteiger partial charge >= 0.3 is 0 Å². The highest BCUT2D eigenvalue weighted by Crippen LogP contribution is 2.16. The summed E-state index contributed by atoms with van der Waals surface area (Å²) in [5.41, 5.74) is 2.00. The molecule has 0 aliphatic rings. The highest BCUT2D eigenvalue weighted by atomic mass is 16.5. The molecular formula is C13H18N4O. The SMILES string of the molecule is CCOCC(NC)c1cnnn1-c1ccccc1. The molecule has 1 unspecified atom stereocenters. The molecule has 1 heterocycles. The van der Waals surface area contributed by atoms with Crippen molar-refractivity contribution in [3.05, 3.63) is 42.2 Å². The first-order valence-corrected chi connectivity index (χ1v) is 6.07. The highest BCUT2D eigenvalue weighted by molar-refractivity contribution is 5.32. The lowest BCUT2D eigenvalue weighted by atomic mass is 10.2. The average molecular weight is 246 g/mol. The summed E-state index contributed by atoms with van der Waals surface area (Å²) in [4.78, 5) is 0. The third kappa shape index (κ3) is 2.75. The van der Waals surface area contributed by atoms with Crippen molar-refractivity contribution in [2.75, 3.05) is 20.3 Å². The van der Waals surface area contributed by atoms with E-state index in [4.69, 9.17) is 4.74 Å². The molecule has 0 amide bonds. The van der Waals surface area contributed by atoms with Gasteiger partial charge in [-0.25, -0.2) is 4.68 Å². The molecule has 96 valence electrons. The van der Waals surface area contributed by atoms with Crippen LogP contribution >= 0.6 is 0 Å². The van der Waals surface area contributed by atoms with Gasteiger partial charge in [-0.15, -0.1) is 5.10 Å². The van der Waals surface area contributed by atoms with Gasteiger partial charge in [-0.3, -0.25) is 0 Å². The van der Waals surface area contributed by atoms with E-state index >= 15 is 0 Å². The van der Waals surface area contributed by atoms with E-state index in [1.165, 1.54) is 0 Å². The Morgan fingerprint density at radius 2 is 2.11 bits per heavy atom. The van der Waals surface area contributed by atoms with Crippen LogP contribution in [0.5, 0.6) is 0 Å². The maximum atomic E-state index is 5.47. The first-order chi connectivity index (χ1) is 8.86. The molecule has 0 bridgehead atoms. The maximum absolute atomic E-state index is 5.47. The predicted octanol–water partition coefficient (Wildman–Crippen LogP) is 1.56. The van der Waals surface area contributed by atoms with Crippen molar-refractivity contribution in [1.29, 1.82) is 0 Å². The molecule has 1 N–H and O–H groups in total. The molecule has 0 aliphatic heterocycles. The van der Waals surface area contributed by atoms with Crippen molar-refractivity contribution >= 4 is 0 Å². The molecule has 0 fully saturated rings. The summed E-state index contributed by atoms with van der Waals surface area (Å²) in [6.07, 6.45) is 1.77. The second-order valence-corrected chi connectivity index (χ2v) is 3.91. The monoisotopic (exact) mass is 246 g/mol. The van der Waals surface area contributed by atoms with Crippen molar-refractivity contribution in [3.63, 3.8) is 0 Å². The fourth-order valence-corrected chi connectivity index (χ4v) is 1.80.